The Hall–Kier alpha value is -1.96. The molecule has 0 aliphatic rings. The van der Waals surface area contributed by atoms with Crippen LogP contribution in [0.3, 0.4) is 0 Å². The van der Waals surface area contributed by atoms with E-state index in [0.717, 1.165) is 26.2 Å². The summed E-state index contributed by atoms with van der Waals surface area (Å²) in [6.07, 6.45) is 1.17. The maximum atomic E-state index is 2.44. The molecule has 0 bridgehead atoms. The highest BCUT2D eigenvalue weighted by Crippen LogP contribution is 2.15. The lowest BCUT2D eigenvalue weighted by Gasteiger charge is -2.27. The summed E-state index contributed by atoms with van der Waals surface area (Å²) in [5, 5.41) is 0. The Bertz CT molecular complexity index is 448. The minimum absolute atomic E-state index is 1.06. The third-order valence-electron chi connectivity index (χ3n) is 3.86. The fraction of sp³-hybridized carbons (Fsp3) is 0.368. The molecule has 0 atom stereocenters. The van der Waals surface area contributed by atoms with Crippen LogP contribution < -0.4 is 9.80 Å². The maximum Gasteiger partial charge on any atom is 0.0366 e. The van der Waals surface area contributed by atoms with Crippen molar-refractivity contribution in [1.82, 2.24) is 0 Å². The molecule has 0 saturated carbocycles. The smallest absolute Gasteiger partial charge is 0.0366 e. The molecule has 112 valence electrons. The first-order valence-corrected chi connectivity index (χ1v) is 7.95. The van der Waals surface area contributed by atoms with Gasteiger partial charge >= 0.3 is 0 Å². The molecule has 0 aliphatic heterocycles. The molecule has 0 amide bonds. The van der Waals surface area contributed by atoms with Crippen LogP contribution in [0.5, 0.6) is 0 Å². The van der Waals surface area contributed by atoms with Crippen LogP contribution >= 0.6 is 0 Å². The molecular formula is C19H26N2. The Labute approximate surface area is 129 Å². The van der Waals surface area contributed by atoms with Crippen molar-refractivity contribution in [2.45, 2.75) is 20.3 Å². The maximum absolute atomic E-state index is 2.44. The topological polar surface area (TPSA) is 6.48 Å². The zero-order chi connectivity index (χ0) is 14.9. The second-order valence-corrected chi connectivity index (χ2v) is 5.18. The average Bonchev–Trinajstić information content (AvgIpc) is 2.57. The van der Waals surface area contributed by atoms with Gasteiger partial charge in [0.2, 0.25) is 0 Å². The van der Waals surface area contributed by atoms with Crippen molar-refractivity contribution in [2.75, 3.05) is 36.0 Å². The first-order chi connectivity index (χ1) is 10.3. The molecule has 0 unspecified atom stereocenters. The number of para-hydroxylation sites is 2. The molecule has 2 aromatic rings. The Balaban J connectivity index is 1.87. The van der Waals surface area contributed by atoms with E-state index < -0.39 is 0 Å². The van der Waals surface area contributed by atoms with Crippen LogP contribution in [0, 0.1) is 0 Å². The summed E-state index contributed by atoms with van der Waals surface area (Å²) < 4.78 is 0. The number of anilines is 2. The lowest BCUT2D eigenvalue weighted by atomic mass is 10.2. The fourth-order valence-corrected chi connectivity index (χ4v) is 2.67. The summed E-state index contributed by atoms with van der Waals surface area (Å²) in [6, 6.07) is 21.4. The Kier molecular flexibility index (Phi) is 6.14. The van der Waals surface area contributed by atoms with Gasteiger partial charge in [0.15, 0.2) is 0 Å². The molecule has 2 rings (SSSR count). The van der Waals surface area contributed by atoms with Gasteiger partial charge in [0.25, 0.3) is 0 Å². The predicted octanol–water partition coefficient (Wildman–Crippen LogP) is 4.43. The van der Waals surface area contributed by atoms with Crippen LogP contribution in [-0.2, 0) is 0 Å². The van der Waals surface area contributed by atoms with E-state index in [1.165, 1.54) is 17.8 Å². The molecule has 0 N–H and O–H groups in total. The Morgan fingerprint density at radius 3 is 1.33 bits per heavy atom. The van der Waals surface area contributed by atoms with Crippen LogP contribution in [0.1, 0.15) is 20.3 Å². The van der Waals surface area contributed by atoms with Gasteiger partial charge in [-0.25, -0.2) is 0 Å². The third-order valence-corrected chi connectivity index (χ3v) is 3.86. The normalized spacial score (nSPS) is 10.4. The molecule has 0 heterocycles. The first kappa shape index (κ1) is 15.4. The van der Waals surface area contributed by atoms with E-state index in [4.69, 9.17) is 0 Å². The highest BCUT2D eigenvalue weighted by atomic mass is 15.1. The van der Waals surface area contributed by atoms with E-state index in [-0.39, 0.29) is 0 Å². The minimum Gasteiger partial charge on any atom is -0.372 e. The number of hydrogen-bond acceptors (Lipinski definition) is 2. The van der Waals surface area contributed by atoms with Crippen molar-refractivity contribution < 1.29 is 0 Å². The molecule has 0 aromatic heterocycles. The van der Waals surface area contributed by atoms with E-state index >= 15 is 0 Å². The van der Waals surface area contributed by atoms with Gasteiger partial charge in [0.1, 0.15) is 0 Å². The molecule has 2 heteroatoms. The van der Waals surface area contributed by atoms with Gasteiger partial charge in [-0.1, -0.05) is 36.4 Å². The molecule has 0 aliphatic carbocycles. The third kappa shape index (κ3) is 4.52. The van der Waals surface area contributed by atoms with Gasteiger partial charge in [-0.15, -0.1) is 0 Å². The SMILES string of the molecule is CCN(CCCN(CC)c1ccccc1)c1ccccc1. The Morgan fingerprint density at radius 1 is 0.619 bits per heavy atom. The highest BCUT2D eigenvalue weighted by molar-refractivity contribution is 5.47. The summed E-state index contributed by atoms with van der Waals surface area (Å²) in [5.41, 5.74) is 2.64. The van der Waals surface area contributed by atoms with E-state index in [1.807, 2.05) is 0 Å². The first-order valence-electron chi connectivity index (χ1n) is 7.95. The van der Waals surface area contributed by atoms with Crippen LogP contribution in [0.25, 0.3) is 0 Å². The van der Waals surface area contributed by atoms with Crippen molar-refractivity contribution in [2.24, 2.45) is 0 Å². The highest BCUT2D eigenvalue weighted by Gasteiger charge is 2.06. The van der Waals surface area contributed by atoms with Crippen LogP contribution in [0.2, 0.25) is 0 Å². The summed E-state index contributed by atoms with van der Waals surface area (Å²) in [4.78, 5) is 4.89. The van der Waals surface area contributed by atoms with E-state index in [1.54, 1.807) is 0 Å². The second-order valence-electron chi connectivity index (χ2n) is 5.18. The molecule has 2 aromatic carbocycles. The summed E-state index contributed by atoms with van der Waals surface area (Å²) in [5.74, 6) is 0. The minimum atomic E-state index is 1.06. The second kappa shape index (κ2) is 8.35. The van der Waals surface area contributed by atoms with Crippen LogP contribution in [0.4, 0.5) is 11.4 Å². The number of rotatable bonds is 8. The standard InChI is InChI=1S/C19H26N2/c1-3-20(18-12-7-5-8-13-18)16-11-17-21(4-2)19-14-9-6-10-15-19/h5-10,12-15H,3-4,11,16-17H2,1-2H3. The zero-order valence-corrected chi connectivity index (χ0v) is 13.2. The van der Waals surface area contributed by atoms with E-state index in [2.05, 4.69) is 84.3 Å². The van der Waals surface area contributed by atoms with Gasteiger partial charge in [-0.2, -0.15) is 0 Å². The van der Waals surface area contributed by atoms with Gasteiger partial charge in [0.05, 0.1) is 0 Å². The number of benzene rings is 2. The van der Waals surface area contributed by atoms with Crippen LogP contribution in [0.15, 0.2) is 60.7 Å². The lowest BCUT2D eigenvalue weighted by molar-refractivity contribution is 0.711. The molecule has 0 radical (unpaired) electrons. The quantitative estimate of drug-likeness (QED) is 0.706. The van der Waals surface area contributed by atoms with Gasteiger partial charge in [-0.3, -0.25) is 0 Å². The summed E-state index contributed by atoms with van der Waals surface area (Å²) >= 11 is 0. The van der Waals surface area contributed by atoms with Crippen molar-refractivity contribution >= 4 is 11.4 Å². The van der Waals surface area contributed by atoms with Crippen molar-refractivity contribution in [3.63, 3.8) is 0 Å². The number of hydrogen-bond donors (Lipinski definition) is 0. The predicted molar refractivity (Wildman–Crippen MR) is 93.3 cm³/mol. The monoisotopic (exact) mass is 282 g/mol. The van der Waals surface area contributed by atoms with Crippen molar-refractivity contribution in [3.05, 3.63) is 60.7 Å². The van der Waals surface area contributed by atoms with E-state index in [9.17, 15) is 0 Å². The summed E-state index contributed by atoms with van der Waals surface area (Å²) in [7, 11) is 0. The van der Waals surface area contributed by atoms with E-state index in [0.29, 0.717) is 0 Å². The largest absolute Gasteiger partial charge is 0.372 e. The van der Waals surface area contributed by atoms with Crippen molar-refractivity contribution in [3.8, 4) is 0 Å². The molecule has 2 nitrogen and oxygen atoms in total. The van der Waals surface area contributed by atoms with Gasteiger partial charge < -0.3 is 9.80 Å². The molecule has 0 fully saturated rings. The van der Waals surface area contributed by atoms with Crippen molar-refractivity contribution in [1.29, 1.82) is 0 Å². The lowest BCUT2D eigenvalue weighted by Crippen LogP contribution is -2.30. The van der Waals surface area contributed by atoms with Crippen LogP contribution in [-0.4, -0.2) is 26.2 Å². The molecule has 21 heavy (non-hydrogen) atoms. The summed E-state index contributed by atoms with van der Waals surface area (Å²) in [6.45, 7) is 8.76. The van der Waals surface area contributed by atoms with Gasteiger partial charge in [-0.05, 0) is 44.5 Å². The molecule has 0 saturated heterocycles. The fourth-order valence-electron chi connectivity index (χ4n) is 2.67. The molecule has 0 spiro atoms. The number of nitrogens with zero attached hydrogens (tertiary/aromatic N) is 2. The molecular weight excluding hydrogens is 256 g/mol. The average molecular weight is 282 g/mol. The zero-order valence-electron chi connectivity index (χ0n) is 13.2. The van der Waals surface area contributed by atoms with Gasteiger partial charge in [0, 0.05) is 37.6 Å². The Morgan fingerprint density at radius 2 is 1.00 bits per heavy atom.